The minimum atomic E-state index is -0.250. The van der Waals surface area contributed by atoms with Crippen molar-refractivity contribution in [1.29, 1.82) is 0 Å². The predicted molar refractivity (Wildman–Crippen MR) is 66.6 cm³/mol. The zero-order valence-corrected chi connectivity index (χ0v) is 11.5. The third-order valence-electron chi connectivity index (χ3n) is 2.83. The lowest BCUT2D eigenvalue weighted by atomic mass is 10.0. The molecule has 0 radical (unpaired) electrons. The first kappa shape index (κ1) is 12.0. The van der Waals surface area contributed by atoms with Crippen LogP contribution in [0.4, 0.5) is 0 Å². The maximum atomic E-state index is 6.03. The first-order valence-electron chi connectivity index (χ1n) is 5.78. The summed E-state index contributed by atoms with van der Waals surface area (Å²) in [5.41, 5.74) is 0.677. The van der Waals surface area contributed by atoms with Gasteiger partial charge in [0.2, 0.25) is 0 Å². The molecule has 0 aliphatic carbocycles. The summed E-state index contributed by atoms with van der Waals surface area (Å²) < 4.78 is 6.03. The Hall–Kier alpha value is -0.450. The Morgan fingerprint density at radius 2 is 1.94 bits per heavy atom. The number of hydrogen-bond donors (Lipinski definition) is 1. The minimum Gasteiger partial charge on any atom is -0.358 e. The smallest absolute Gasteiger partial charge is 0.107 e. The van der Waals surface area contributed by atoms with Crippen LogP contribution in [0.15, 0.2) is 0 Å². The van der Waals surface area contributed by atoms with Crippen LogP contribution in [0.5, 0.6) is 0 Å². The molecule has 4 heteroatoms. The lowest BCUT2D eigenvalue weighted by Gasteiger charge is -2.24. The summed E-state index contributed by atoms with van der Waals surface area (Å²) in [5, 5.41) is 4.48. The first-order chi connectivity index (χ1) is 7.37. The number of hydrogen-bond acceptors (Lipinski definition) is 4. The van der Waals surface area contributed by atoms with E-state index in [1.54, 1.807) is 11.3 Å². The molecule has 16 heavy (non-hydrogen) atoms. The van der Waals surface area contributed by atoms with Crippen LogP contribution < -0.4 is 5.32 Å². The monoisotopic (exact) mass is 240 g/mol. The quantitative estimate of drug-likeness (QED) is 0.882. The summed E-state index contributed by atoms with van der Waals surface area (Å²) in [6, 6.07) is 0. The molecule has 0 spiro atoms. The lowest BCUT2D eigenvalue weighted by Crippen LogP contribution is -2.23. The average molecular weight is 240 g/mol. The van der Waals surface area contributed by atoms with E-state index in [9.17, 15) is 0 Å². The van der Waals surface area contributed by atoms with Crippen molar-refractivity contribution in [2.24, 2.45) is 0 Å². The molecule has 2 rings (SSSR count). The van der Waals surface area contributed by atoms with Crippen LogP contribution >= 0.6 is 11.3 Å². The van der Waals surface area contributed by atoms with Crippen LogP contribution in [0.2, 0.25) is 0 Å². The van der Waals surface area contributed by atoms with Gasteiger partial charge in [-0.3, -0.25) is 0 Å². The Kier molecular flexibility index (Phi) is 2.85. The van der Waals surface area contributed by atoms with Gasteiger partial charge in [-0.2, -0.15) is 0 Å². The Morgan fingerprint density at radius 3 is 2.50 bits per heavy atom. The number of nitrogens with zero attached hydrogens (tertiary/aromatic N) is 1. The largest absolute Gasteiger partial charge is 0.358 e. The molecule has 0 saturated carbocycles. The normalized spacial score (nSPS) is 21.1. The maximum Gasteiger partial charge on any atom is 0.107 e. The highest BCUT2D eigenvalue weighted by Gasteiger charge is 2.46. The van der Waals surface area contributed by atoms with Crippen molar-refractivity contribution < 1.29 is 4.74 Å². The molecule has 0 unspecified atom stereocenters. The van der Waals surface area contributed by atoms with E-state index in [0.717, 1.165) is 23.8 Å². The van der Waals surface area contributed by atoms with E-state index in [1.807, 2.05) is 0 Å². The molecule has 3 nitrogen and oxygen atoms in total. The fourth-order valence-corrected chi connectivity index (χ4v) is 3.44. The van der Waals surface area contributed by atoms with Crippen molar-refractivity contribution >= 4 is 11.3 Å². The Bertz CT molecular complexity index is 364. The SMILES string of the molecule is CCNCc1nc2c(s1)C(C)(C)OC2(C)C. The molecule has 2 heterocycles. The third kappa shape index (κ3) is 1.90. The topological polar surface area (TPSA) is 34.2 Å². The minimum absolute atomic E-state index is 0.193. The summed E-state index contributed by atoms with van der Waals surface area (Å²) in [6.07, 6.45) is 0. The van der Waals surface area contributed by atoms with Crippen LogP contribution in [-0.4, -0.2) is 11.5 Å². The number of fused-ring (bicyclic) bond motifs is 1. The Labute approximate surface area is 101 Å². The van der Waals surface area contributed by atoms with Crippen LogP contribution in [-0.2, 0) is 22.5 Å². The van der Waals surface area contributed by atoms with Gasteiger partial charge in [-0.25, -0.2) is 4.98 Å². The van der Waals surface area contributed by atoms with Gasteiger partial charge in [0.15, 0.2) is 0 Å². The van der Waals surface area contributed by atoms with Crippen molar-refractivity contribution in [3.05, 3.63) is 15.6 Å². The van der Waals surface area contributed by atoms with Crippen LogP contribution in [0.3, 0.4) is 0 Å². The van der Waals surface area contributed by atoms with Gasteiger partial charge in [-0.1, -0.05) is 6.92 Å². The van der Waals surface area contributed by atoms with E-state index in [0.29, 0.717) is 0 Å². The molecule has 1 aliphatic heterocycles. The van der Waals surface area contributed by atoms with E-state index in [4.69, 9.17) is 9.72 Å². The van der Waals surface area contributed by atoms with Gasteiger partial charge < -0.3 is 10.1 Å². The summed E-state index contributed by atoms with van der Waals surface area (Å²) in [4.78, 5) is 5.99. The highest BCUT2D eigenvalue weighted by Crippen LogP contribution is 2.48. The van der Waals surface area contributed by atoms with Gasteiger partial charge in [0, 0.05) is 6.54 Å². The zero-order valence-electron chi connectivity index (χ0n) is 10.7. The van der Waals surface area contributed by atoms with E-state index < -0.39 is 0 Å². The van der Waals surface area contributed by atoms with Gasteiger partial charge in [-0.05, 0) is 34.2 Å². The Morgan fingerprint density at radius 1 is 1.25 bits per heavy atom. The van der Waals surface area contributed by atoms with E-state index in [1.165, 1.54) is 4.88 Å². The fourth-order valence-electron chi connectivity index (χ4n) is 2.22. The van der Waals surface area contributed by atoms with Crippen LogP contribution in [0, 0.1) is 0 Å². The second kappa shape index (κ2) is 3.79. The van der Waals surface area contributed by atoms with Crippen molar-refractivity contribution in [1.82, 2.24) is 10.3 Å². The van der Waals surface area contributed by atoms with Gasteiger partial charge in [0.05, 0.1) is 16.2 Å². The number of rotatable bonds is 3. The van der Waals surface area contributed by atoms with Gasteiger partial charge in [-0.15, -0.1) is 11.3 Å². The molecule has 1 aromatic heterocycles. The zero-order chi connectivity index (χ0) is 12.0. The molecule has 0 atom stereocenters. The molecule has 1 aromatic rings. The van der Waals surface area contributed by atoms with E-state index in [-0.39, 0.29) is 11.2 Å². The predicted octanol–water partition coefficient (Wildman–Crippen LogP) is 2.75. The molecular weight excluding hydrogens is 220 g/mol. The summed E-state index contributed by atoms with van der Waals surface area (Å²) >= 11 is 1.77. The van der Waals surface area contributed by atoms with Gasteiger partial charge >= 0.3 is 0 Å². The van der Waals surface area contributed by atoms with Crippen molar-refractivity contribution in [3.63, 3.8) is 0 Å². The number of nitrogens with one attached hydrogen (secondary N) is 1. The lowest BCUT2D eigenvalue weighted by molar-refractivity contribution is -0.105. The average Bonchev–Trinajstić information content (AvgIpc) is 2.63. The molecule has 0 amide bonds. The summed E-state index contributed by atoms with van der Waals surface area (Å²) in [6.45, 7) is 12.4. The number of ether oxygens (including phenoxy) is 1. The molecule has 1 N–H and O–H groups in total. The molecule has 90 valence electrons. The molecule has 1 aliphatic rings. The van der Waals surface area contributed by atoms with Gasteiger partial charge in [0.1, 0.15) is 10.6 Å². The fraction of sp³-hybridized carbons (Fsp3) is 0.750. The first-order valence-corrected chi connectivity index (χ1v) is 6.60. The second-order valence-electron chi connectivity index (χ2n) is 5.19. The third-order valence-corrected chi connectivity index (χ3v) is 4.19. The molecular formula is C12H20N2OS. The van der Waals surface area contributed by atoms with Gasteiger partial charge in [0.25, 0.3) is 0 Å². The van der Waals surface area contributed by atoms with Crippen molar-refractivity contribution in [3.8, 4) is 0 Å². The standard InChI is InChI=1S/C12H20N2OS/c1-6-13-7-8-14-9-10(16-8)12(4,5)15-11(9,2)3/h13H,6-7H2,1-5H3. The molecule has 0 bridgehead atoms. The van der Waals surface area contributed by atoms with E-state index in [2.05, 4.69) is 39.9 Å². The number of thiazole rings is 1. The molecule has 0 aromatic carbocycles. The van der Waals surface area contributed by atoms with E-state index >= 15 is 0 Å². The maximum absolute atomic E-state index is 6.03. The van der Waals surface area contributed by atoms with Crippen LogP contribution in [0.25, 0.3) is 0 Å². The van der Waals surface area contributed by atoms with Crippen molar-refractivity contribution in [2.75, 3.05) is 6.54 Å². The summed E-state index contributed by atoms with van der Waals surface area (Å²) in [7, 11) is 0. The van der Waals surface area contributed by atoms with Crippen LogP contribution in [0.1, 0.15) is 50.2 Å². The number of aromatic nitrogens is 1. The Balaban J connectivity index is 2.33. The second-order valence-corrected chi connectivity index (χ2v) is 6.27. The summed E-state index contributed by atoms with van der Waals surface area (Å²) in [5.74, 6) is 0. The highest BCUT2D eigenvalue weighted by atomic mass is 32.1. The van der Waals surface area contributed by atoms with Crippen molar-refractivity contribution in [2.45, 2.75) is 52.4 Å². The highest BCUT2D eigenvalue weighted by molar-refractivity contribution is 7.12. The molecule has 0 fully saturated rings. The molecule has 0 saturated heterocycles.